The highest BCUT2D eigenvalue weighted by Gasteiger charge is 2.31. The Kier molecular flexibility index (Phi) is 3.88. The largest absolute Gasteiger partial charge is 0.307 e. The van der Waals surface area contributed by atoms with E-state index in [-0.39, 0.29) is 5.54 Å². The van der Waals surface area contributed by atoms with Crippen molar-refractivity contribution in [3.8, 4) is 0 Å². The first kappa shape index (κ1) is 11.9. The van der Waals surface area contributed by atoms with Gasteiger partial charge in [0, 0.05) is 10.6 Å². The molecule has 1 aromatic rings. The van der Waals surface area contributed by atoms with Gasteiger partial charge in [-0.3, -0.25) is 0 Å². The molecule has 1 nitrogen and oxygen atoms in total. The van der Waals surface area contributed by atoms with Crippen molar-refractivity contribution in [1.82, 2.24) is 5.32 Å². The van der Waals surface area contributed by atoms with Gasteiger partial charge in [-0.15, -0.1) is 0 Å². The predicted octanol–water partition coefficient (Wildman–Crippen LogP) is 4.11. The lowest BCUT2D eigenvalue weighted by atomic mass is 9.83. The molecular weight excluding hydrogens is 218 g/mol. The molecule has 16 heavy (non-hydrogen) atoms. The van der Waals surface area contributed by atoms with Crippen LogP contribution in [0.2, 0.25) is 5.02 Å². The summed E-state index contributed by atoms with van der Waals surface area (Å²) in [7, 11) is 0. The molecule has 0 spiro atoms. The van der Waals surface area contributed by atoms with E-state index in [0.29, 0.717) is 0 Å². The first-order valence-corrected chi connectivity index (χ1v) is 6.66. The quantitative estimate of drug-likeness (QED) is 0.817. The Bertz CT molecular complexity index is 340. The van der Waals surface area contributed by atoms with E-state index in [1.165, 1.54) is 31.2 Å². The second kappa shape index (κ2) is 5.20. The smallest absolute Gasteiger partial charge is 0.0456 e. The van der Waals surface area contributed by atoms with E-state index in [2.05, 4.69) is 24.4 Å². The first-order chi connectivity index (χ1) is 7.78. The Morgan fingerprint density at radius 1 is 1.25 bits per heavy atom. The molecule has 1 aromatic carbocycles. The van der Waals surface area contributed by atoms with Crippen molar-refractivity contribution >= 4 is 11.6 Å². The second-order valence-electron chi connectivity index (χ2n) is 4.65. The summed E-state index contributed by atoms with van der Waals surface area (Å²) in [5.41, 5.74) is 1.38. The summed E-state index contributed by atoms with van der Waals surface area (Å²) in [5.74, 6) is 0. The van der Waals surface area contributed by atoms with Crippen LogP contribution in [-0.4, -0.2) is 6.54 Å². The van der Waals surface area contributed by atoms with E-state index < -0.39 is 0 Å². The lowest BCUT2D eigenvalue weighted by Crippen LogP contribution is -2.41. The van der Waals surface area contributed by atoms with Crippen LogP contribution in [0, 0.1) is 0 Å². The normalized spacial score (nSPS) is 26.4. The number of benzene rings is 1. The summed E-state index contributed by atoms with van der Waals surface area (Å²) in [5, 5.41) is 4.62. The number of nitrogens with one attached hydrogen (secondary N) is 1. The van der Waals surface area contributed by atoms with E-state index in [4.69, 9.17) is 11.6 Å². The van der Waals surface area contributed by atoms with Crippen LogP contribution in [0.4, 0.5) is 0 Å². The third-order valence-corrected chi connectivity index (χ3v) is 4.07. The zero-order valence-electron chi connectivity index (χ0n) is 9.93. The minimum atomic E-state index is 0.106. The molecule has 0 saturated carbocycles. The van der Waals surface area contributed by atoms with Gasteiger partial charge >= 0.3 is 0 Å². The van der Waals surface area contributed by atoms with E-state index in [1.54, 1.807) is 0 Å². The SMILES string of the molecule is CCC1(c2ccccc2Cl)CCCCCN1. The topological polar surface area (TPSA) is 12.0 Å². The summed E-state index contributed by atoms with van der Waals surface area (Å²) in [6.07, 6.45) is 6.22. The lowest BCUT2D eigenvalue weighted by Gasteiger charge is -2.34. The molecule has 1 unspecified atom stereocenters. The van der Waals surface area contributed by atoms with Crippen molar-refractivity contribution in [2.75, 3.05) is 6.54 Å². The monoisotopic (exact) mass is 237 g/mol. The molecule has 1 fully saturated rings. The highest BCUT2D eigenvalue weighted by Crippen LogP contribution is 2.36. The Balaban J connectivity index is 2.36. The van der Waals surface area contributed by atoms with Gasteiger partial charge in [-0.2, -0.15) is 0 Å². The average Bonchev–Trinajstić information content (AvgIpc) is 2.56. The van der Waals surface area contributed by atoms with Crippen LogP contribution in [0.5, 0.6) is 0 Å². The highest BCUT2D eigenvalue weighted by atomic mass is 35.5. The summed E-state index contributed by atoms with van der Waals surface area (Å²) in [6.45, 7) is 3.36. The number of hydrogen-bond donors (Lipinski definition) is 1. The maximum absolute atomic E-state index is 6.34. The van der Waals surface area contributed by atoms with Gasteiger partial charge in [0.1, 0.15) is 0 Å². The second-order valence-corrected chi connectivity index (χ2v) is 5.06. The van der Waals surface area contributed by atoms with Gasteiger partial charge in [0.15, 0.2) is 0 Å². The summed E-state index contributed by atoms with van der Waals surface area (Å²) >= 11 is 6.34. The fourth-order valence-electron chi connectivity index (χ4n) is 2.72. The van der Waals surface area contributed by atoms with Crippen LogP contribution < -0.4 is 5.32 Å². The summed E-state index contributed by atoms with van der Waals surface area (Å²) in [4.78, 5) is 0. The van der Waals surface area contributed by atoms with Gasteiger partial charge in [-0.1, -0.05) is 49.6 Å². The zero-order chi connectivity index (χ0) is 11.4. The van der Waals surface area contributed by atoms with Gasteiger partial charge in [0.2, 0.25) is 0 Å². The molecule has 0 aliphatic carbocycles. The molecule has 2 heteroatoms. The van der Waals surface area contributed by atoms with Gasteiger partial charge in [-0.05, 0) is 37.4 Å². The van der Waals surface area contributed by atoms with Crippen molar-refractivity contribution < 1.29 is 0 Å². The molecule has 0 radical (unpaired) electrons. The molecule has 0 amide bonds. The van der Waals surface area contributed by atoms with E-state index in [9.17, 15) is 0 Å². The fourth-order valence-corrected chi connectivity index (χ4v) is 3.03. The molecule has 1 aliphatic rings. The number of rotatable bonds is 2. The maximum atomic E-state index is 6.34. The van der Waals surface area contributed by atoms with E-state index in [1.807, 2.05) is 12.1 Å². The van der Waals surface area contributed by atoms with Gasteiger partial charge in [0.05, 0.1) is 0 Å². The van der Waals surface area contributed by atoms with Gasteiger partial charge in [-0.25, -0.2) is 0 Å². The number of hydrogen-bond acceptors (Lipinski definition) is 1. The minimum Gasteiger partial charge on any atom is -0.307 e. The van der Waals surface area contributed by atoms with E-state index >= 15 is 0 Å². The molecule has 1 aliphatic heterocycles. The van der Waals surface area contributed by atoms with Gasteiger partial charge < -0.3 is 5.32 Å². The maximum Gasteiger partial charge on any atom is 0.0456 e. The molecule has 1 saturated heterocycles. The molecule has 1 heterocycles. The summed E-state index contributed by atoms with van der Waals surface area (Å²) < 4.78 is 0. The van der Waals surface area contributed by atoms with Gasteiger partial charge in [0.25, 0.3) is 0 Å². The minimum absolute atomic E-state index is 0.106. The molecule has 1 atom stereocenters. The molecule has 88 valence electrons. The third kappa shape index (κ3) is 2.26. The van der Waals surface area contributed by atoms with Crippen LogP contribution in [0.25, 0.3) is 0 Å². The number of halogens is 1. The zero-order valence-corrected chi connectivity index (χ0v) is 10.7. The fraction of sp³-hybridized carbons (Fsp3) is 0.571. The van der Waals surface area contributed by atoms with E-state index in [0.717, 1.165) is 18.0 Å². The molecular formula is C14H20ClN. The average molecular weight is 238 g/mol. The van der Waals surface area contributed by atoms with Crippen LogP contribution in [0.15, 0.2) is 24.3 Å². The van der Waals surface area contributed by atoms with Crippen molar-refractivity contribution in [3.63, 3.8) is 0 Å². The summed E-state index contributed by atoms with van der Waals surface area (Å²) in [6, 6.07) is 8.27. The predicted molar refractivity (Wildman–Crippen MR) is 69.9 cm³/mol. The Hall–Kier alpha value is -0.530. The Morgan fingerprint density at radius 3 is 2.81 bits per heavy atom. The third-order valence-electron chi connectivity index (χ3n) is 3.74. The van der Waals surface area contributed by atoms with Crippen LogP contribution in [0.1, 0.15) is 44.6 Å². The Morgan fingerprint density at radius 2 is 2.06 bits per heavy atom. The standard InChI is InChI=1S/C14H20ClN/c1-2-14(10-6-3-7-11-16-14)12-8-4-5-9-13(12)15/h4-5,8-9,16H,2-3,6-7,10-11H2,1H3. The van der Waals surface area contributed by atoms with Crippen LogP contribution in [-0.2, 0) is 5.54 Å². The lowest BCUT2D eigenvalue weighted by molar-refractivity contribution is 0.313. The molecule has 1 N–H and O–H groups in total. The van der Waals surface area contributed by atoms with Crippen LogP contribution in [0.3, 0.4) is 0 Å². The molecule has 2 rings (SSSR count). The Labute approximate surface area is 103 Å². The molecule has 0 aromatic heterocycles. The van der Waals surface area contributed by atoms with Crippen LogP contribution >= 0.6 is 11.6 Å². The van der Waals surface area contributed by atoms with Crippen molar-refractivity contribution in [2.24, 2.45) is 0 Å². The van der Waals surface area contributed by atoms with Crippen molar-refractivity contribution in [1.29, 1.82) is 0 Å². The van der Waals surface area contributed by atoms with Crippen molar-refractivity contribution in [2.45, 2.75) is 44.6 Å². The van der Waals surface area contributed by atoms with Crippen molar-refractivity contribution in [3.05, 3.63) is 34.9 Å². The molecule has 0 bridgehead atoms. The first-order valence-electron chi connectivity index (χ1n) is 6.28. The highest BCUT2D eigenvalue weighted by molar-refractivity contribution is 6.31.